The van der Waals surface area contributed by atoms with E-state index >= 15 is 0 Å². The molecule has 0 aromatic carbocycles. The van der Waals surface area contributed by atoms with Crippen LogP contribution in [-0.4, -0.2) is 14.8 Å². The van der Waals surface area contributed by atoms with Crippen LogP contribution in [0.3, 0.4) is 0 Å². The molecule has 0 aliphatic carbocycles. The molecule has 0 radical (unpaired) electrons. The Morgan fingerprint density at radius 3 is 2.92 bits per heavy atom. The monoisotopic (exact) mass is 291 g/mol. The van der Waals surface area contributed by atoms with Gasteiger partial charge in [0.25, 0.3) is 0 Å². The fourth-order valence-corrected chi connectivity index (χ4v) is 1.84. The normalized spacial score (nSPS) is 10.3. The molecule has 0 aliphatic heterocycles. The van der Waals surface area contributed by atoms with Crippen molar-refractivity contribution in [3.05, 3.63) is 24.0 Å². The Labute approximate surface area is 92.5 Å². The van der Waals surface area contributed by atoms with Crippen LogP contribution in [0.25, 0.3) is 0 Å². The minimum atomic E-state index is 0.152. The second-order valence-electron chi connectivity index (χ2n) is 3.04. The van der Waals surface area contributed by atoms with E-state index < -0.39 is 0 Å². The maximum absolute atomic E-state index is 11.1. The molecule has 1 aromatic rings. The van der Waals surface area contributed by atoms with Crippen molar-refractivity contribution in [2.75, 3.05) is 4.43 Å². The predicted octanol–water partition coefficient (Wildman–Crippen LogP) is 2.91. The number of hydrogen-bond acceptors (Lipinski definition) is 1. The SMILES string of the molecule is CC(=O)c1cccn1CCCCI. The van der Waals surface area contributed by atoms with Crippen LogP contribution in [0.2, 0.25) is 0 Å². The van der Waals surface area contributed by atoms with E-state index in [0.29, 0.717) is 0 Å². The zero-order valence-electron chi connectivity index (χ0n) is 7.79. The number of nitrogens with zero attached hydrogens (tertiary/aromatic N) is 1. The summed E-state index contributed by atoms with van der Waals surface area (Å²) in [6.45, 7) is 2.58. The summed E-state index contributed by atoms with van der Waals surface area (Å²) in [7, 11) is 0. The van der Waals surface area contributed by atoms with Crippen molar-refractivity contribution < 1.29 is 4.79 Å². The molecule has 0 fully saturated rings. The minimum absolute atomic E-state index is 0.152. The molecule has 2 nitrogen and oxygen atoms in total. The highest BCUT2D eigenvalue weighted by atomic mass is 127. The van der Waals surface area contributed by atoms with E-state index in [1.165, 1.54) is 10.8 Å². The van der Waals surface area contributed by atoms with Gasteiger partial charge in [-0.3, -0.25) is 4.79 Å². The van der Waals surface area contributed by atoms with Gasteiger partial charge in [-0.15, -0.1) is 0 Å². The third-order valence-corrected chi connectivity index (χ3v) is 2.74. The fraction of sp³-hybridized carbons (Fsp3) is 0.500. The maximum Gasteiger partial charge on any atom is 0.176 e. The van der Waals surface area contributed by atoms with Crippen molar-refractivity contribution in [2.45, 2.75) is 26.3 Å². The van der Waals surface area contributed by atoms with Crippen LogP contribution in [0.15, 0.2) is 18.3 Å². The number of carbonyl (C=O) groups is 1. The van der Waals surface area contributed by atoms with Crippen molar-refractivity contribution in [3.8, 4) is 0 Å². The van der Waals surface area contributed by atoms with Crippen LogP contribution in [0.1, 0.15) is 30.3 Å². The molecule has 13 heavy (non-hydrogen) atoms. The van der Waals surface area contributed by atoms with Crippen molar-refractivity contribution >= 4 is 28.4 Å². The van der Waals surface area contributed by atoms with E-state index in [1.54, 1.807) is 6.92 Å². The zero-order valence-corrected chi connectivity index (χ0v) is 9.95. The molecule has 72 valence electrons. The molecular weight excluding hydrogens is 277 g/mol. The Morgan fingerprint density at radius 1 is 1.54 bits per heavy atom. The van der Waals surface area contributed by atoms with Gasteiger partial charge in [0, 0.05) is 19.7 Å². The van der Waals surface area contributed by atoms with Gasteiger partial charge >= 0.3 is 0 Å². The zero-order chi connectivity index (χ0) is 9.68. The molecule has 0 N–H and O–H groups in total. The first-order chi connectivity index (χ1) is 6.25. The van der Waals surface area contributed by atoms with Crippen LogP contribution in [0.4, 0.5) is 0 Å². The molecule has 0 saturated carbocycles. The highest BCUT2D eigenvalue weighted by Crippen LogP contribution is 2.06. The summed E-state index contributed by atoms with van der Waals surface area (Å²) in [5, 5.41) is 0. The Balaban J connectivity index is 2.55. The quantitative estimate of drug-likeness (QED) is 0.354. The average molecular weight is 291 g/mol. The van der Waals surface area contributed by atoms with E-state index in [2.05, 4.69) is 22.6 Å². The highest BCUT2D eigenvalue weighted by Gasteiger charge is 2.04. The van der Waals surface area contributed by atoms with E-state index in [1.807, 2.05) is 22.9 Å². The number of hydrogen-bond donors (Lipinski definition) is 0. The number of aromatic nitrogens is 1. The Bertz CT molecular complexity index is 280. The van der Waals surface area contributed by atoms with Crippen LogP contribution in [0.5, 0.6) is 0 Å². The molecule has 1 rings (SSSR count). The minimum Gasteiger partial charge on any atom is -0.345 e. The molecule has 0 unspecified atom stereocenters. The Hall–Kier alpha value is -0.320. The topological polar surface area (TPSA) is 22.0 Å². The van der Waals surface area contributed by atoms with Crippen LogP contribution < -0.4 is 0 Å². The lowest BCUT2D eigenvalue weighted by atomic mass is 10.3. The van der Waals surface area contributed by atoms with Gasteiger partial charge in [-0.2, -0.15) is 0 Å². The van der Waals surface area contributed by atoms with Crippen LogP contribution in [0, 0.1) is 0 Å². The molecule has 0 spiro atoms. The van der Waals surface area contributed by atoms with Gasteiger partial charge in [0.2, 0.25) is 0 Å². The summed E-state index contributed by atoms with van der Waals surface area (Å²) < 4.78 is 3.23. The number of alkyl halides is 1. The molecule has 3 heteroatoms. The van der Waals surface area contributed by atoms with Gasteiger partial charge in [-0.05, 0) is 29.4 Å². The lowest BCUT2D eigenvalue weighted by molar-refractivity contribution is 0.100. The average Bonchev–Trinajstić information content (AvgIpc) is 2.53. The van der Waals surface area contributed by atoms with Gasteiger partial charge < -0.3 is 4.57 Å². The lowest BCUT2D eigenvalue weighted by Gasteiger charge is -2.05. The number of carbonyl (C=O) groups excluding carboxylic acids is 1. The number of ketones is 1. The van der Waals surface area contributed by atoms with Gasteiger partial charge in [-0.25, -0.2) is 0 Å². The molecule has 0 amide bonds. The van der Waals surface area contributed by atoms with Crippen molar-refractivity contribution in [2.24, 2.45) is 0 Å². The summed E-state index contributed by atoms with van der Waals surface area (Å²) in [4.78, 5) is 11.1. The molecule has 0 saturated heterocycles. The standard InChI is InChI=1S/C10H14INO/c1-9(13)10-5-4-8-12(10)7-3-2-6-11/h4-5,8H,2-3,6-7H2,1H3. The summed E-state index contributed by atoms with van der Waals surface area (Å²) in [5.74, 6) is 0.152. The van der Waals surface area contributed by atoms with Crippen LogP contribution >= 0.6 is 22.6 Å². The first-order valence-corrected chi connectivity index (χ1v) is 6.00. The van der Waals surface area contributed by atoms with Crippen LogP contribution in [-0.2, 0) is 6.54 Å². The smallest absolute Gasteiger partial charge is 0.176 e. The molecule has 0 atom stereocenters. The Kier molecular flexibility index (Phi) is 4.48. The van der Waals surface area contributed by atoms with Crippen molar-refractivity contribution in [3.63, 3.8) is 0 Å². The van der Waals surface area contributed by atoms with E-state index in [4.69, 9.17) is 0 Å². The Morgan fingerprint density at radius 2 is 2.31 bits per heavy atom. The maximum atomic E-state index is 11.1. The highest BCUT2D eigenvalue weighted by molar-refractivity contribution is 14.1. The van der Waals surface area contributed by atoms with Gasteiger partial charge in [0.05, 0.1) is 5.69 Å². The summed E-state index contributed by atoms with van der Waals surface area (Å²) >= 11 is 2.37. The summed E-state index contributed by atoms with van der Waals surface area (Å²) in [5.41, 5.74) is 0.827. The number of rotatable bonds is 5. The largest absolute Gasteiger partial charge is 0.345 e. The molecular formula is C10H14INO. The third kappa shape index (κ3) is 3.14. The fourth-order valence-electron chi connectivity index (χ4n) is 1.31. The molecule has 0 aliphatic rings. The first-order valence-electron chi connectivity index (χ1n) is 4.47. The summed E-state index contributed by atoms with van der Waals surface area (Å²) in [6, 6.07) is 3.81. The second kappa shape index (κ2) is 5.42. The molecule has 0 bridgehead atoms. The van der Waals surface area contributed by atoms with E-state index in [-0.39, 0.29) is 5.78 Å². The second-order valence-corrected chi connectivity index (χ2v) is 4.12. The van der Waals surface area contributed by atoms with Crippen molar-refractivity contribution in [1.29, 1.82) is 0 Å². The van der Waals surface area contributed by atoms with E-state index in [0.717, 1.165) is 18.7 Å². The molecule has 1 heterocycles. The van der Waals surface area contributed by atoms with Gasteiger partial charge in [-0.1, -0.05) is 22.6 Å². The number of Topliss-reactive ketones (excluding diaryl/α,β-unsaturated/α-hetero) is 1. The van der Waals surface area contributed by atoms with Gasteiger partial charge in [0.1, 0.15) is 0 Å². The van der Waals surface area contributed by atoms with Crippen molar-refractivity contribution in [1.82, 2.24) is 4.57 Å². The summed E-state index contributed by atoms with van der Waals surface area (Å²) in [6.07, 6.45) is 4.35. The lowest BCUT2D eigenvalue weighted by Crippen LogP contribution is -2.05. The predicted molar refractivity (Wildman–Crippen MR) is 62.6 cm³/mol. The number of aryl methyl sites for hydroxylation is 1. The van der Waals surface area contributed by atoms with E-state index in [9.17, 15) is 4.79 Å². The first kappa shape index (κ1) is 10.8. The third-order valence-electron chi connectivity index (χ3n) is 1.97. The number of unbranched alkanes of at least 4 members (excludes halogenated alkanes) is 1. The number of halogens is 1. The van der Waals surface area contributed by atoms with Gasteiger partial charge in [0.15, 0.2) is 5.78 Å². The molecule has 1 aromatic heterocycles.